The van der Waals surface area contributed by atoms with Crippen molar-refractivity contribution in [3.63, 3.8) is 0 Å². The number of nitrogens with zero attached hydrogens (tertiary/aromatic N) is 1. The summed E-state index contributed by atoms with van der Waals surface area (Å²) >= 11 is 3.59. The first-order chi connectivity index (χ1) is 12.0. The minimum absolute atomic E-state index is 0.0276. The topological polar surface area (TPSA) is 32.3 Å². The molecule has 1 heterocycles. The molecule has 1 atom stereocenters. The molecule has 1 aliphatic heterocycles. The smallest absolute Gasteiger partial charge is 0.251 e. The third kappa shape index (κ3) is 4.50. The SMILES string of the molecule is CN1CCc2ccc(CC(C)(CBr)NC(=O)c3ccccc3)cc2C1. The molecule has 0 aliphatic carbocycles. The molecular weight excluding hydrogens is 376 g/mol. The highest BCUT2D eigenvalue weighted by molar-refractivity contribution is 9.09. The Balaban J connectivity index is 1.75. The van der Waals surface area contributed by atoms with Gasteiger partial charge in [-0.1, -0.05) is 52.3 Å². The maximum atomic E-state index is 12.5. The lowest BCUT2D eigenvalue weighted by Gasteiger charge is -2.30. The molecule has 25 heavy (non-hydrogen) atoms. The van der Waals surface area contributed by atoms with Crippen LogP contribution < -0.4 is 5.32 Å². The summed E-state index contributed by atoms with van der Waals surface area (Å²) in [6.07, 6.45) is 1.92. The van der Waals surface area contributed by atoms with Gasteiger partial charge in [-0.3, -0.25) is 4.79 Å². The highest BCUT2D eigenvalue weighted by Crippen LogP contribution is 2.23. The number of likely N-dealkylation sites (N-methyl/N-ethyl adjacent to an activating group) is 1. The molecule has 1 amide bonds. The Morgan fingerprint density at radius 2 is 1.96 bits per heavy atom. The van der Waals surface area contributed by atoms with Crippen LogP contribution in [-0.2, 0) is 19.4 Å². The Kier molecular flexibility index (Phi) is 5.60. The molecule has 0 fully saturated rings. The second-order valence-corrected chi connectivity index (χ2v) is 7.84. The largest absolute Gasteiger partial charge is 0.346 e. The molecule has 3 rings (SSSR count). The fraction of sp³-hybridized carbons (Fsp3) is 0.381. The van der Waals surface area contributed by atoms with Crippen molar-refractivity contribution >= 4 is 21.8 Å². The van der Waals surface area contributed by atoms with Gasteiger partial charge in [-0.15, -0.1) is 0 Å². The van der Waals surface area contributed by atoms with Crippen LogP contribution in [0.5, 0.6) is 0 Å². The van der Waals surface area contributed by atoms with Crippen LogP contribution in [0.25, 0.3) is 0 Å². The van der Waals surface area contributed by atoms with Crippen molar-refractivity contribution in [1.82, 2.24) is 10.2 Å². The second-order valence-electron chi connectivity index (χ2n) is 7.28. The standard InChI is InChI=1S/C21H25BrN2O/c1-21(15-22,23-20(25)18-6-4-3-5-7-18)13-16-8-9-17-10-11-24(2)14-19(17)12-16/h3-9,12H,10-11,13-15H2,1-2H3,(H,23,25). The summed E-state index contributed by atoms with van der Waals surface area (Å²) in [5, 5.41) is 3.90. The number of hydrogen-bond donors (Lipinski definition) is 1. The van der Waals surface area contributed by atoms with Crippen LogP contribution in [0.3, 0.4) is 0 Å². The van der Waals surface area contributed by atoms with Crippen LogP contribution in [0.1, 0.15) is 34.0 Å². The third-order valence-corrected chi connectivity index (χ3v) is 6.05. The molecule has 0 radical (unpaired) electrons. The summed E-state index contributed by atoms with van der Waals surface area (Å²) in [5.74, 6) is -0.0276. The van der Waals surface area contributed by atoms with Crippen molar-refractivity contribution in [2.24, 2.45) is 0 Å². The number of halogens is 1. The van der Waals surface area contributed by atoms with Crippen molar-refractivity contribution in [3.05, 3.63) is 70.8 Å². The summed E-state index contributed by atoms with van der Waals surface area (Å²) in [6.45, 7) is 4.22. The number of carbonyl (C=O) groups is 1. The number of alkyl halides is 1. The van der Waals surface area contributed by atoms with E-state index in [1.165, 1.54) is 16.7 Å². The van der Waals surface area contributed by atoms with Crippen LogP contribution in [0.15, 0.2) is 48.5 Å². The molecule has 2 aromatic carbocycles. The molecule has 4 heteroatoms. The minimum Gasteiger partial charge on any atom is -0.346 e. The Morgan fingerprint density at radius 3 is 2.68 bits per heavy atom. The van der Waals surface area contributed by atoms with Gasteiger partial charge in [-0.2, -0.15) is 0 Å². The van der Waals surface area contributed by atoms with Gasteiger partial charge in [0.2, 0.25) is 0 Å². The van der Waals surface area contributed by atoms with Crippen LogP contribution in [0.4, 0.5) is 0 Å². The number of fused-ring (bicyclic) bond motifs is 1. The van der Waals surface area contributed by atoms with Crippen LogP contribution >= 0.6 is 15.9 Å². The van der Waals surface area contributed by atoms with Crippen LogP contribution in [-0.4, -0.2) is 35.3 Å². The zero-order valence-corrected chi connectivity index (χ0v) is 16.5. The van der Waals surface area contributed by atoms with E-state index in [-0.39, 0.29) is 11.4 Å². The molecule has 0 bridgehead atoms. The Morgan fingerprint density at radius 1 is 1.20 bits per heavy atom. The Bertz CT molecular complexity index is 747. The summed E-state index contributed by atoms with van der Waals surface area (Å²) in [6, 6.07) is 16.2. The average molecular weight is 401 g/mol. The van der Waals surface area contributed by atoms with Gasteiger partial charge in [0.05, 0.1) is 5.54 Å². The quantitative estimate of drug-likeness (QED) is 0.773. The van der Waals surface area contributed by atoms with E-state index >= 15 is 0 Å². The minimum atomic E-state index is -0.332. The number of benzene rings is 2. The highest BCUT2D eigenvalue weighted by atomic mass is 79.9. The number of hydrogen-bond acceptors (Lipinski definition) is 2. The third-order valence-electron chi connectivity index (χ3n) is 4.81. The molecule has 1 N–H and O–H groups in total. The maximum absolute atomic E-state index is 12.5. The van der Waals surface area contributed by atoms with Crippen LogP contribution in [0, 0.1) is 0 Å². The van der Waals surface area contributed by atoms with E-state index in [1.54, 1.807) is 0 Å². The lowest BCUT2D eigenvalue weighted by molar-refractivity contribution is 0.0915. The molecule has 0 saturated heterocycles. The first kappa shape index (κ1) is 18.2. The summed E-state index contributed by atoms with van der Waals surface area (Å²) in [7, 11) is 2.16. The molecule has 1 aliphatic rings. The van der Waals surface area contributed by atoms with Gasteiger partial charge in [0, 0.05) is 24.0 Å². The van der Waals surface area contributed by atoms with E-state index in [2.05, 4.69) is 58.3 Å². The van der Waals surface area contributed by atoms with Gasteiger partial charge in [0.25, 0.3) is 5.91 Å². The lowest BCUT2D eigenvalue weighted by Crippen LogP contribution is -2.49. The number of rotatable bonds is 5. The Hall–Kier alpha value is -1.65. The van der Waals surface area contributed by atoms with Crippen molar-refractivity contribution in [3.8, 4) is 0 Å². The van der Waals surface area contributed by atoms with E-state index in [0.29, 0.717) is 10.9 Å². The van der Waals surface area contributed by atoms with Gasteiger partial charge in [0.15, 0.2) is 0 Å². The molecule has 0 aromatic heterocycles. The normalized spacial score (nSPS) is 16.8. The fourth-order valence-corrected chi connectivity index (χ4v) is 3.71. The number of nitrogens with one attached hydrogen (secondary N) is 1. The predicted octanol–water partition coefficient (Wildman–Crippen LogP) is 3.80. The van der Waals surface area contributed by atoms with Crippen molar-refractivity contribution in [2.75, 3.05) is 18.9 Å². The average Bonchev–Trinajstić information content (AvgIpc) is 2.62. The molecule has 0 saturated carbocycles. The maximum Gasteiger partial charge on any atom is 0.251 e. The first-order valence-corrected chi connectivity index (χ1v) is 9.84. The zero-order valence-electron chi connectivity index (χ0n) is 14.9. The second kappa shape index (κ2) is 7.71. The molecule has 0 spiro atoms. The van der Waals surface area contributed by atoms with E-state index in [0.717, 1.165) is 25.9 Å². The van der Waals surface area contributed by atoms with E-state index in [9.17, 15) is 4.79 Å². The van der Waals surface area contributed by atoms with E-state index < -0.39 is 0 Å². The Labute approximate surface area is 158 Å². The number of carbonyl (C=O) groups excluding carboxylic acids is 1. The molecule has 3 nitrogen and oxygen atoms in total. The van der Waals surface area contributed by atoms with Crippen molar-refractivity contribution in [2.45, 2.75) is 31.8 Å². The molecule has 2 aromatic rings. The zero-order chi connectivity index (χ0) is 17.9. The monoisotopic (exact) mass is 400 g/mol. The van der Waals surface area contributed by atoms with Gasteiger partial charge >= 0.3 is 0 Å². The van der Waals surface area contributed by atoms with Gasteiger partial charge in [0.1, 0.15) is 0 Å². The van der Waals surface area contributed by atoms with Gasteiger partial charge in [-0.25, -0.2) is 0 Å². The summed E-state index contributed by atoms with van der Waals surface area (Å²) < 4.78 is 0. The van der Waals surface area contributed by atoms with Crippen molar-refractivity contribution in [1.29, 1.82) is 0 Å². The molecule has 1 unspecified atom stereocenters. The summed E-state index contributed by atoms with van der Waals surface area (Å²) in [5.41, 5.74) is 4.50. The fourth-order valence-electron chi connectivity index (χ4n) is 3.37. The van der Waals surface area contributed by atoms with Crippen molar-refractivity contribution < 1.29 is 4.79 Å². The van der Waals surface area contributed by atoms with Gasteiger partial charge in [-0.05, 0) is 55.6 Å². The van der Waals surface area contributed by atoms with E-state index in [4.69, 9.17) is 0 Å². The lowest BCUT2D eigenvalue weighted by atomic mass is 9.90. The van der Waals surface area contributed by atoms with Crippen LogP contribution in [0.2, 0.25) is 0 Å². The molecular formula is C21H25BrN2O. The first-order valence-electron chi connectivity index (χ1n) is 8.72. The predicted molar refractivity (Wildman–Crippen MR) is 106 cm³/mol. The summed E-state index contributed by atoms with van der Waals surface area (Å²) in [4.78, 5) is 14.9. The highest BCUT2D eigenvalue weighted by Gasteiger charge is 2.26. The van der Waals surface area contributed by atoms with Gasteiger partial charge < -0.3 is 10.2 Å². The van der Waals surface area contributed by atoms with E-state index in [1.807, 2.05) is 30.3 Å². The molecule has 132 valence electrons. The number of amides is 1.